The third kappa shape index (κ3) is 3.65. The summed E-state index contributed by atoms with van der Waals surface area (Å²) in [6, 6.07) is 21.7. The van der Waals surface area contributed by atoms with E-state index in [1.165, 1.54) is 12.1 Å². The fourth-order valence-corrected chi connectivity index (χ4v) is 6.01. The van der Waals surface area contributed by atoms with Gasteiger partial charge in [0.1, 0.15) is 12.4 Å². The normalized spacial score (nSPS) is 14.9. The van der Waals surface area contributed by atoms with Crippen LogP contribution in [0.1, 0.15) is 0 Å². The highest BCUT2D eigenvalue weighted by molar-refractivity contribution is 8.17. The number of fused-ring (bicyclic) bond motifs is 3. The molecule has 164 valence electrons. The van der Waals surface area contributed by atoms with E-state index in [1.54, 1.807) is 12.1 Å². The molecule has 0 saturated heterocycles. The molecule has 1 aliphatic rings. The Kier molecular flexibility index (Phi) is 5.21. The topological polar surface area (TPSA) is 29.5 Å². The number of hydrogen-bond donors (Lipinski definition) is 2. The maximum Gasteiger partial charge on any atom is 0.429 e. The van der Waals surface area contributed by atoms with Gasteiger partial charge in [-0.2, -0.15) is 37.2 Å². The van der Waals surface area contributed by atoms with Gasteiger partial charge in [0.2, 0.25) is 0 Å². The van der Waals surface area contributed by atoms with Gasteiger partial charge in [0, 0.05) is 9.79 Å². The summed E-state index contributed by atoms with van der Waals surface area (Å²) in [6.45, 7) is -1.99. The molecule has 1 N–H and O–H groups in total. The molecule has 0 aromatic heterocycles. The predicted octanol–water partition coefficient (Wildman–Crippen LogP) is 6.38. The smallest absolute Gasteiger partial charge is 0.429 e. The van der Waals surface area contributed by atoms with Crippen molar-refractivity contribution in [3.63, 3.8) is 0 Å². The van der Waals surface area contributed by atoms with Crippen molar-refractivity contribution >= 4 is 10.9 Å². The van der Waals surface area contributed by atoms with E-state index in [0.717, 1.165) is 25.8 Å². The van der Waals surface area contributed by atoms with Crippen LogP contribution in [0.25, 0.3) is 11.1 Å². The molecule has 0 saturated carbocycles. The average molecular weight is 458 g/mol. The maximum atomic E-state index is 12.8. The Balaban J connectivity index is 1.60. The minimum Gasteiger partial charge on any atom is -0.490 e. The number of aliphatic hydroxyl groups is 1. The van der Waals surface area contributed by atoms with Crippen molar-refractivity contribution in [2.75, 3.05) is 6.61 Å². The number of alkyl halides is 6. The molecule has 0 bridgehead atoms. The average Bonchev–Trinajstić information content (AvgIpc) is 3.05. The molecule has 2 nitrogen and oxygen atoms in total. The summed E-state index contributed by atoms with van der Waals surface area (Å²) in [7, 11) is -0.918. The summed E-state index contributed by atoms with van der Waals surface area (Å²) in [6.07, 6.45) is -11.8. The Morgan fingerprint density at radius 1 is 0.677 bits per heavy atom. The van der Waals surface area contributed by atoms with Crippen LogP contribution in [-0.4, -0.2) is 29.7 Å². The van der Waals surface area contributed by atoms with E-state index in [4.69, 9.17) is 4.74 Å². The van der Waals surface area contributed by atoms with E-state index in [-0.39, 0.29) is 5.75 Å². The van der Waals surface area contributed by atoms with E-state index in [0.29, 0.717) is 0 Å². The molecule has 0 spiro atoms. The second-order valence-corrected chi connectivity index (χ2v) is 9.16. The summed E-state index contributed by atoms with van der Waals surface area (Å²) < 4.78 is 81.5. The summed E-state index contributed by atoms with van der Waals surface area (Å²) in [5, 5.41) is 9.22. The first-order chi connectivity index (χ1) is 14.5. The van der Waals surface area contributed by atoms with Crippen LogP contribution in [0.15, 0.2) is 87.5 Å². The highest BCUT2D eigenvalue weighted by Gasteiger charge is 2.71. The predicted molar refractivity (Wildman–Crippen MR) is 105 cm³/mol. The number of halogens is 6. The van der Waals surface area contributed by atoms with Gasteiger partial charge in [-0.25, -0.2) is 0 Å². The van der Waals surface area contributed by atoms with E-state index in [9.17, 15) is 31.4 Å². The first kappa shape index (κ1) is 21.6. The molecule has 1 heterocycles. The van der Waals surface area contributed by atoms with Gasteiger partial charge < -0.3 is 9.84 Å². The van der Waals surface area contributed by atoms with Crippen molar-refractivity contribution in [1.29, 1.82) is 0 Å². The van der Waals surface area contributed by atoms with Crippen LogP contribution < -0.4 is 4.74 Å². The molecule has 0 fully saturated rings. The molecule has 0 aliphatic carbocycles. The van der Waals surface area contributed by atoms with Gasteiger partial charge in [0.05, 0.1) is 0 Å². The van der Waals surface area contributed by atoms with Crippen molar-refractivity contribution in [3.8, 4) is 16.9 Å². The van der Waals surface area contributed by atoms with Crippen molar-refractivity contribution in [2.45, 2.75) is 32.6 Å². The first-order valence-corrected chi connectivity index (χ1v) is 10.4. The molecular weight excluding hydrogens is 442 g/mol. The molecule has 4 rings (SSSR count). The Morgan fingerprint density at radius 3 is 1.58 bits per heavy atom. The Hall–Kier alpha value is -2.65. The van der Waals surface area contributed by atoms with Crippen LogP contribution in [-0.2, 0) is 0 Å². The second-order valence-electron chi connectivity index (χ2n) is 7.01. The quantitative estimate of drug-likeness (QED) is 0.275. The van der Waals surface area contributed by atoms with Gasteiger partial charge in [-0.05, 0) is 52.4 Å². The van der Waals surface area contributed by atoms with Gasteiger partial charge in [0.25, 0.3) is 5.60 Å². The van der Waals surface area contributed by atoms with E-state index in [2.05, 4.69) is 0 Å². The molecular formula is C22H16F6O2S. The van der Waals surface area contributed by atoms with Crippen LogP contribution in [0.3, 0.4) is 0 Å². The van der Waals surface area contributed by atoms with Crippen LogP contribution in [0.4, 0.5) is 26.3 Å². The number of hydrogen-bond acceptors (Lipinski definition) is 2. The van der Waals surface area contributed by atoms with Gasteiger partial charge in [-0.1, -0.05) is 36.4 Å². The molecule has 31 heavy (non-hydrogen) atoms. The molecule has 0 unspecified atom stereocenters. The maximum absolute atomic E-state index is 12.8. The largest absolute Gasteiger partial charge is 0.490 e. The zero-order valence-corrected chi connectivity index (χ0v) is 16.6. The highest BCUT2D eigenvalue weighted by atomic mass is 32.2. The van der Waals surface area contributed by atoms with Crippen LogP contribution in [0.5, 0.6) is 5.75 Å². The van der Waals surface area contributed by atoms with E-state index in [1.807, 2.05) is 48.5 Å². The van der Waals surface area contributed by atoms with Crippen molar-refractivity contribution < 1.29 is 36.2 Å². The zero-order valence-electron chi connectivity index (χ0n) is 15.7. The Morgan fingerprint density at radius 2 is 1.13 bits per heavy atom. The highest BCUT2D eigenvalue weighted by Crippen LogP contribution is 2.62. The summed E-state index contributed by atoms with van der Waals surface area (Å²) >= 11 is 0. The number of benzene rings is 3. The lowest BCUT2D eigenvalue weighted by atomic mass is 10.0. The Bertz CT molecular complexity index is 1030. The van der Waals surface area contributed by atoms with Gasteiger partial charge in [-0.3, -0.25) is 0 Å². The number of thiol groups is 1. The standard InChI is InChI=1S/C22H16F6O2S/c23-21(24,25)20(29,22(26,27)28)13-30-14-9-11-15(12-10-14)31-18-7-3-1-5-16(18)17-6-2-4-8-19(17)31/h1-12,29,31H,13H2. The monoisotopic (exact) mass is 458 g/mol. The molecule has 9 heteroatoms. The fourth-order valence-electron chi connectivity index (χ4n) is 3.40. The molecule has 0 radical (unpaired) electrons. The number of ether oxygens (including phenoxy) is 1. The van der Waals surface area contributed by atoms with Gasteiger partial charge >= 0.3 is 12.4 Å². The molecule has 3 aromatic rings. The van der Waals surface area contributed by atoms with Crippen LogP contribution in [0.2, 0.25) is 0 Å². The summed E-state index contributed by atoms with van der Waals surface area (Å²) in [4.78, 5) is 3.12. The first-order valence-electron chi connectivity index (χ1n) is 9.10. The van der Waals surface area contributed by atoms with Gasteiger partial charge in [-0.15, -0.1) is 0 Å². The molecule has 3 aromatic carbocycles. The SMILES string of the molecule is OC(COc1ccc([SH]2c3ccccc3-c3ccccc32)cc1)(C(F)(F)F)C(F)(F)F. The Labute approximate surface area is 176 Å². The van der Waals surface area contributed by atoms with Crippen molar-refractivity contribution in [2.24, 2.45) is 0 Å². The molecule has 0 atom stereocenters. The van der Waals surface area contributed by atoms with Crippen LogP contribution >= 0.6 is 10.9 Å². The molecule has 0 amide bonds. The lowest BCUT2D eigenvalue weighted by molar-refractivity contribution is -0.373. The summed E-state index contributed by atoms with van der Waals surface area (Å²) in [5.74, 6) is -0.202. The van der Waals surface area contributed by atoms with Crippen LogP contribution in [0, 0.1) is 0 Å². The minimum atomic E-state index is -5.92. The zero-order chi connectivity index (χ0) is 22.4. The van der Waals surface area contributed by atoms with Gasteiger partial charge in [0.15, 0.2) is 0 Å². The molecule has 1 aliphatic heterocycles. The lowest BCUT2D eigenvalue weighted by Crippen LogP contribution is -2.60. The van der Waals surface area contributed by atoms with Crippen molar-refractivity contribution in [3.05, 3.63) is 72.8 Å². The lowest BCUT2D eigenvalue weighted by Gasteiger charge is -2.31. The van der Waals surface area contributed by atoms with E-state index >= 15 is 0 Å². The van der Waals surface area contributed by atoms with E-state index < -0.39 is 35.5 Å². The second kappa shape index (κ2) is 7.49. The minimum absolute atomic E-state index is 0.202. The van der Waals surface area contributed by atoms with Crippen molar-refractivity contribution in [1.82, 2.24) is 0 Å². The third-order valence-corrected chi connectivity index (χ3v) is 7.62. The number of rotatable bonds is 4. The fraction of sp³-hybridized carbons (Fsp3) is 0.182. The summed E-state index contributed by atoms with van der Waals surface area (Å²) in [5.41, 5.74) is -2.75. The third-order valence-electron chi connectivity index (χ3n) is 5.06.